The first-order chi connectivity index (χ1) is 17.0. The highest BCUT2D eigenvalue weighted by Gasteiger charge is 2.13. The van der Waals surface area contributed by atoms with Gasteiger partial charge in [0.2, 0.25) is 0 Å². The molecule has 3 aromatic rings. The van der Waals surface area contributed by atoms with Gasteiger partial charge >= 0.3 is 0 Å². The van der Waals surface area contributed by atoms with Crippen molar-refractivity contribution in [1.82, 2.24) is 0 Å². The molecule has 0 fully saturated rings. The molecule has 1 atom stereocenters. The molecular weight excluding hydrogens is 435 g/mol. The number of aliphatic hydroxyl groups excluding tert-OH is 2. The standard InChI is InChI=1S/C32H41FO2/c1-4-7-23(5-2)18-24-10-13-28(14-11-24)29-15-17-31(32(33)20-29)30-16-12-25(19-27(30)6-3)8-9-26(21-34)22-35/h10-17,19-20,23,26,34-35H,4-9,18,21-22H2,1-3H3. The first-order valence-corrected chi connectivity index (χ1v) is 13.3. The number of rotatable bonds is 13. The van der Waals surface area contributed by atoms with E-state index < -0.39 is 0 Å². The van der Waals surface area contributed by atoms with Gasteiger partial charge in [0.05, 0.1) is 0 Å². The number of aliphatic hydroxyl groups is 2. The maximum Gasteiger partial charge on any atom is 0.131 e. The molecule has 0 aliphatic heterocycles. The summed E-state index contributed by atoms with van der Waals surface area (Å²) in [6.07, 6.45) is 7.12. The van der Waals surface area contributed by atoms with E-state index in [-0.39, 0.29) is 24.9 Å². The Kier molecular flexibility index (Phi) is 10.5. The third-order valence-corrected chi connectivity index (χ3v) is 7.25. The zero-order valence-electron chi connectivity index (χ0n) is 21.6. The lowest BCUT2D eigenvalue weighted by molar-refractivity contribution is 0.144. The topological polar surface area (TPSA) is 40.5 Å². The Morgan fingerprint density at radius 2 is 1.37 bits per heavy atom. The molecule has 0 saturated heterocycles. The number of halogens is 1. The van der Waals surface area contributed by atoms with Crippen LogP contribution in [0.25, 0.3) is 22.3 Å². The Bertz CT molecular complexity index is 1050. The average molecular weight is 477 g/mol. The minimum absolute atomic E-state index is 0.00633. The van der Waals surface area contributed by atoms with Crippen LogP contribution in [0.1, 0.15) is 63.1 Å². The molecule has 0 heterocycles. The van der Waals surface area contributed by atoms with Gasteiger partial charge in [-0.15, -0.1) is 0 Å². The van der Waals surface area contributed by atoms with Gasteiger partial charge < -0.3 is 10.2 Å². The molecule has 0 aromatic heterocycles. The van der Waals surface area contributed by atoms with Crippen molar-refractivity contribution >= 4 is 0 Å². The van der Waals surface area contributed by atoms with Crippen LogP contribution >= 0.6 is 0 Å². The monoisotopic (exact) mass is 476 g/mol. The van der Waals surface area contributed by atoms with Crippen LogP contribution in [0, 0.1) is 17.7 Å². The highest BCUT2D eigenvalue weighted by molar-refractivity contribution is 5.73. The van der Waals surface area contributed by atoms with Crippen LogP contribution in [0.15, 0.2) is 60.7 Å². The molecule has 3 heteroatoms. The Labute approximate surface area is 210 Å². The minimum Gasteiger partial charge on any atom is -0.396 e. The highest BCUT2D eigenvalue weighted by Crippen LogP contribution is 2.32. The lowest BCUT2D eigenvalue weighted by Gasteiger charge is -2.15. The van der Waals surface area contributed by atoms with Gasteiger partial charge in [-0.1, -0.05) is 94.6 Å². The summed E-state index contributed by atoms with van der Waals surface area (Å²) in [6, 6.07) is 20.3. The molecule has 3 rings (SSSR count). The van der Waals surface area contributed by atoms with Crippen molar-refractivity contribution < 1.29 is 14.6 Å². The van der Waals surface area contributed by atoms with E-state index in [0.717, 1.165) is 59.4 Å². The van der Waals surface area contributed by atoms with Gasteiger partial charge in [-0.3, -0.25) is 0 Å². The first-order valence-electron chi connectivity index (χ1n) is 13.3. The van der Waals surface area contributed by atoms with Crippen molar-refractivity contribution in [2.24, 2.45) is 11.8 Å². The van der Waals surface area contributed by atoms with E-state index in [1.165, 1.54) is 24.8 Å². The molecule has 35 heavy (non-hydrogen) atoms. The van der Waals surface area contributed by atoms with Crippen molar-refractivity contribution in [3.63, 3.8) is 0 Å². The second-order valence-corrected chi connectivity index (χ2v) is 9.77. The zero-order valence-corrected chi connectivity index (χ0v) is 21.6. The average Bonchev–Trinajstić information content (AvgIpc) is 2.89. The molecule has 2 N–H and O–H groups in total. The Balaban J connectivity index is 1.77. The molecule has 0 aliphatic carbocycles. The lowest BCUT2D eigenvalue weighted by Crippen LogP contribution is -2.12. The van der Waals surface area contributed by atoms with Crippen molar-refractivity contribution in [1.29, 1.82) is 0 Å². The number of hydrogen-bond donors (Lipinski definition) is 2. The van der Waals surface area contributed by atoms with Crippen LogP contribution in [-0.4, -0.2) is 23.4 Å². The van der Waals surface area contributed by atoms with Crippen LogP contribution in [0.3, 0.4) is 0 Å². The normalized spacial score (nSPS) is 12.3. The molecule has 0 amide bonds. The summed E-state index contributed by atoms with van der Waals surface area (Å²) in [5.41, 5.74) is 7.10. The molecule has 0 aliphatic rings. The quantitative estimate of drug-likeness (QED) is 0.266. The largest absolute Gasteiger partial charge is 0.396 e. The van der Waals surface area contributed by atoms with Crippen LogP contribution in [0.5, 0.6) is 0 Å². The van der Waals surface area contributed by atoms with Crippen LogP contribution in [0.2, 0.25) is 0 Å². The Hall–Kier alpha value is -2.49. The maximum atomic E-state index is 15.3. The summed E-state index contributed by atoms with van der Waals surface area (Å²) in [6.45, 7) is 6.58. The molecule has 2 nitrogen and oxygen atoms in total. The van der Waals surface area contributed by atoms with E-state index in [4.69, 9.17) is 0 Å². The fraction of sp³-hybridized carbons (Fsp3) is 0.438. The number of aryl methyl sites for hydroxylation is 2. The van der Waals surface area contributed by atoms with E-state index in [0.29, 0.717) is 5.56 Å². The van der Waals surface area contributed by atoms with Gasteiger partial charge in [-0.25, -0.2) is 4.39 Å². The van der Waals surface area contributed by atoms with Gasteiger partial charge in [-0.2, -0.15) is 0 Å². The fourth-order valence-electron chi connectivity index (χ4n) is 4.91. The molecule has 188 valence electrons. The molecular formula is C32H41FO2. The summed E-state index contributed by atoms with van der Waals surface area (Å²) in [7, 11) is 0. The smallest absolute Gasteiger partial charge is 0.131 e. The summed E-state index contributed by atoms with van der Waals surface area (Å²) in [4.78, 5) is 0. The van der Waals surface area contributed by atoms with Gasteiger partial charge in [0.1, 0.15) is 5.82 Å². The van der Waals surface area contributed by atoms with Gasteiger partial charge in [0.25, 0.3) is 0 Å². The predicted molar refractivity (Wildman–Crippen MR) is 145 cm³/mol. The Morgan fingerprint density at radius 1 is 0.714 bits per heavy atom. The molecule has 3 aromatic carbocycles. The van der Waals surface area contributed by atoms with Gasteiger partial charge in [0, 0.05) is 24.7 Å². The van der Waals surface area contributed by atoms with Crippen molar-refractivity contribution in [2.75, 3.05) is 13.2 Å². The third kappa shape index (κ3) is 7.25. The second kappa shape index (κ2) is 13.6. The van der Waals surface area contributed by atoms with Crippen LogP contribution < -0.4 is 0 Å². The van der Waals surface area contributed by atoms with E-state index in [2.05, 4.69) is 51.1 Å². The lowest BCUT2D eigenvalue weighted by atomic mass is 9.91. The van der Waals surface area contributed by atoms with Crippen LogP contribution in [0.4, 0.5) is 4.39 Å². The summed E-state index contributed by atoms with van der Waals surface area (Å²) in [5, 5.41) is 18.6. The van der Waals surface area contributed by atoms with Crippen LogP contribution in [-0.2, 0) is 19.3 Å². The number of hydrogen-bond acceptors (Lipinski definition) is 2. The first kappa shape index (κ1) is 27.1. The fourth-order valence-corrected chi connectivity index (χ4v) is 4.91. The second-order valence-electron chi connectivity index (χ2n) is 9.77. The molecule has 0 radical (unpaired) electrons. The SMILES string of the molecule is CCCC(CC)Cc1ccc(-c2ccc(-c3ccc(CCC(CO)CO)cc3CC)c(F)c2)cc1. The highest BCUT2D eigenvalue weighted by atomic mass is 19.1. The minimum atomic E-state index is -0.205. The maximum absolute atomic E-state index is 15.3. The summed E-state index contributed by atoms with van der Waals surface area (Å²) < 4.78 is 15.3. The summed E-state index contributed by atoms with van der Waals surface area (Å²) in [5.74, 6) is 0.430. The van der Waals surface area contributed by atoms with Crippen molar-refractivity contribution in [3.05, 3.63) is 83.2 Å². The Morgan fingerprint density at radius 3 is 1.97 bits per heavy atom. The zero-order chi connectivity index (χ0) is 25.2. The molecule has 0 saturated carbocycles. The molecule has 1 unspecified atom stereocenters. The molecule has 0 spiro atoms. The van der Waals surface area contributed by atoms with E-state index >= 15 is 4.39 Å². The van der Waals surface area contributed by atoms with Crippen molar-refractivity contribution in [2.45, 2.75) is 65.7 Å². The third-order valence-electron chi connectivity index (χ3n) is 7.25. The van der Waals surface area contributed by atoms with Gasteiger partial charge in [-0.05, 0) is 71.0 Å². The molecule has 0 bridgehead atoms. The van der Waals surface area contributed by atoms with E-state index in [9.17, 15) is 10.2 Å². The van der Waals surface area contributed by atoms with Crippen molar-refractivity contribution in [3.8, 4) is 22.3 Å². The predicted octanol–water partition coefficient (Wildman–Crippen LogP) is 7.62. The summed E-state index contributed by atoms with van der Waals surface area (Å²) >= 11 is 0. The van der Waals surface area contributed by atoms with Gasteiger partial charge in [0.15, 0.2) is 0 Å². The van der Waals surface area contributed by atoms with E-state index in [1.54, 1.807) is 6.07 Å². The van der Waals surface area contributed by atoms with E-state index in [1.807, 2.05) is 24.3 Å². The number of benzene rings is 3.